The fourth-order valence-electron chi connectivity index (χ4n) is 1.85. The van der Waals surface area contributed by atoms with Crippen molar-refractivity contribution in [1.82, 2.24) is 0 Å². The molecule has 1 aromatic rings. The minimum Gasteiger partial charge on any atom is -0.478 e. The maximum absolute atomic E-state index is 5.72. The van der Waals surface area contributed by atoms with Gasteiger partial charge in [0.15, 0.2) is 5.90 Å². The molecule has 0 spiro atoms. The summed E-state index contributed by atoms with van der Waals surface area (Å²) in [5.74, 6) is 0.833. The predicted octanol–water partition coefficient (Wildman–Crippen LogP) is 3.93. The summed E-state index contributed by atoms with van der Waals surface area (Å²) in [5, 5.41) is 0. The largest absolute Gasteiger partial charge is 0.478 e. The summed E-state index contributed by atoms with van der Waals surface area (Å²) in [6, 6.07) is 10.3. The van der Waals surface area contributed by atoms with Gasteiger partial charge in [-0.3, -0.25) is 0 Å². The van der Waals surface area contributed by atoms with Gasteiger partial charge in [0.25, 0.3) is 0 Å². The van der Waals surface area contributed by atoms with Crippen LogP contribution in [-0.2, 0) is 4.74 Å². The third-order valence-electron chi connectivity index (χ3n) is 3.01. The Kier molecular flexibility index (Phi) is 3.29. The summed E-state index contributed by atoms with van der Waals surface area (Å²) in [7, 11) is 0. The van der Waals surface area contributed by atoms with E-state index in [1.807, 2.05) is 18.2 Å². The molecule has 0 atom stereocenters. The van der Waals surface area contributed by atoms with Gasteiger partial charge in [0.2, 0.25) is 0 Å². The lowest BCUT2D eigenvalue weighted by molar-refractivity contribution is 0.260. The van der Waals surface area contributed by atoms with Crippen LogP contribution < -0.4 is 0 Å². The lowest BCUT2D eigenvalue weighted by Crippen LogP contribution is -2.21. The van der Waals surface area contributed by atoms with Crippen LogP contribution in [0.5, 0.6) is 0 Å². The van der Waals surface area contributed by atoms with Crippen LogP contribution in [0.15, 0.2) is 41.4 Å². The van der Waals surface area contributed by atoms with Crippen LogP contribution in [0.4, 0.5) is 0 Å². The maximum atomic E-state index is 5.72. The molecule has 0 saturated heterocycles. The summed E-state index contributed by atoms with van der Waals surface area (Å²) in [4.78, 5) is 4.65. The first-order valence-electron chi connectivity index (χ1n) is 6.36. The van der Waals surface area contributed by atoms with E-state index >= 15 is 0 Å². The highest BCUT2D eigenvalue weighted by atomic mass is 16.5. The fourth-order valence-corrected chi connectivity index (χ4v) is 1.85. The summed E-state index contributed by atoms with van der Waals surface area (Å²) in [5.41, 5.74) is 0.944. The van der Waals surface area contributed by atoms with Gasteiger partial charge in [-0.25, -0.2) is 4.99 Å². The number of hydrogen-bond donors (Lipinski definition) is 0. The lowest BCUT2D eigenvalue weighted by Gasteiger charge is -2.19. The number of hydrogen-bond acceptors (Lipinski definition) is 2. The molecule has 1 aliphatic rings. The second-order valence-electron chi connectivity index (χ2n) is 5.98. The van der Waals surface area contributed by atoms with Crippen molar-refractivity contribution in [2.24, 2.45) is 10.4 Å². The second kappa shape index (κ2) is 4.60. The molecular formula is C16H21NO. The molecule has 0 aromatic heterocycles. The van der Waals surface area contributed by atoms with E-state index in [1.165, 1.54) is 5.56 Å². The third kappa shape index (κ3) is 3.00. The van der Waals surface area contributed by atoms with E-state index in [2.05, 4.69) is 57.0 Å². The Morgan fingerprint density at radius 1 is 1.22 bits per heavy atom. The Morgan fingerprint density at radius 3 is 2.44 bits per heavy atom. The van der Waals surface area contributed by atoms with Crippen LogP contribution in [0.3, 0.4) is 0 Å². The molecule has 0 aliphatic carbocycles. The Morgan fingerprint density at radius 2 is 1.89 bits per heavy atom. The smallest absolute Gasteiger partial charge is 0.193 e. The zero-order chi connectivity index (χ0) is 13.2. The van der Waals surface area contributed by atoms with Gasteiger partial charge in [-0.1, -0.05) is 42.5 Å². The summed E-state index contributed by atoms with van der Waals surface area (Å²) in [6.07, 6.45) is 4.28. The van der Waals surface area contributed by atoms with E-state index in [4.69, 9.17) is 4.74 Å². The minimum atomic E-state index is -0.163. The van der Waals surface area contributed by atoms with Crippen molar-refractivity contribution in [3.8, 4) is 0 Å². The number of rotatable bonds is 3. The first-order valence-corrected chi connectivity index (χ1v) is 6.36. The van der Waals surface area contributed by atoms with Crippen molar-refractivity contribution in [3.05, 3.63) is 42.0 Å². The molecule has 0 fully saturated rings. The second-order valence-corrected chi connectivity index (χ2v) is 5.98. The van der Waals surface area contributed by atoms with Crippen molar-refractivity contribution in [2.75, 3.05) is 6.61 Å². The maximum Gasteiger partial charge on any atom is 0.193 e. The first-order chi connectivity index (χ1) is 8.39. The quantitative estimate of drug-likeness (QED) is 0.788. The predicted molar refractivity (Wildman–Crippen MR) is 76.7 cm³/mol. The zero-order valence-electron chi connectivity index (χ0n) is 11.6. The van der Waals surface area contributed by atoms with E-state index in [-0.39, 0.29) is 11.0 Å². The number of aliphatic imine (C=N–C) groups is 1. The molecule has 0 unspecified atom stereocenters. The molecule has 2 nitrogen and oxygen atoms in total. The van der Waals surface area contributed by atoms with Gasteiger partial charge in [0.05, 0.1) is 11.0 Å². The van der Waals surface area contributed by atoms with Crippen LogP contribution in [0.1, 0.15) is 33.3 Å². The van der Waals surface area contributed by atoms with Crippen LogP contribution in [0, 0.1) is 5.41 Å². The molecule has 1 aromatic carbocycles. The van der Waals surface area contributed by atoms with Crippen LogP contribution in [0.2, 0.25) is 0 Å². The molecule has 2 heteroatoms. The monoisotopic (exact) mass is 243 g/mol. The van der Waals surface area contributed by atoms with E-state index in [9.17, 15) is 0 Å². The van der Waals surface area contributed by atoms with E-state index in [1.54, 1.807) is 0 Å². The van der Waals surface area contributed by atoms with Gasteiger partial charge >= 0.3 is 0 Å². The van der Waals surface area contributed by atoms with Crippen molar-refractivity contribution in [1.29, 1.82) is 0 Å². The standard InChI is InChI=1S/C16H21NO/c1-15(2,14-17-16(3,4)12-18-14)11-10-13-8-6-5-7-9-13/h5-11H,12H2,1-4H3/b11-10+. The van der Waals surface area contributed by atoms with E-state index < -0.39 is 0 Å². The Balaban J connectivity index is 2.16. The van der Waals surface area contributed by atoms with Gasteiger partial charge in [0.1, 0.15) is 6.61 Å². The van der Waals surface area contributed by atoms with Crippen molar-refractivity contribution in [3.63, 3.8) is 0 Å². The average Bonchev–Trinajstić information content (AvgIpc) is 2.69. The highest BCUT2D eigenvalue weighted by Gasteiger charge is 2.34. The zero-order valence-corrected chi connectivity index (χ0v) is 11.6. The van der Waals surface area contributed by atoms with Crippen molar-refractivity contribution >= 4 is 12.0 Å². The molecule has 0 N–H and O–H groups in total. The molecule has 0 bridgehead atoms. The van der Waals surface area contributed by atoms with E-state index in [0.717, 1.165) is 5.90 Å². The van der Waals surface area contributed by atoms with Gasteiger partial charge in [-0.15, -0.1) is 0 Å². The number of nitrogens with zero attached hydrogens (tertiary/aromatic N) is 1. The molecule has 1 heterocycles. The summed E-state index contributed by atoms with van der Waals surface area (Å²) in [6.45, 7) is 9.12. The van der Waals surface area contributed by atoms with E-state index in [0.29, 0.717) is 6.61 Å². The van der Waals surface area contributed by atoms with Crippen LogP contribution >= 0.6 is 0 Å². The minimum absolute atomic E-state index is 0.0901. The fraction of sp³-hybridized carbons (Fsp3) is 0.438. The Labute approximate surface area is 109 Å². The molecule has 2 rings (SSSR count). The molecule has 1 aliphatic heterocycles. The normalized spacial score (nSPS) is 18.8. The average molecular weight is 243 g/mol. The lowest BCUT2D eigenvalue weighted by atomic mass is 9.91. The Hall–Kier alpha value is -1.57. The number of ether oxygens (including phenoxy) is 1. The SMILES string of the molecule is CC1(C)COC(C(C)(C)/C=C/c2ccccc2)=N1. The van der Waals surface area contributed by atoms with Crippen LogP contribution in [0.25, 0.3) is 6.08 Å². The summed E-state index contributed by atoms with van der Waals surface area (Å²) < 4.78 is 5.72. The molecular weight excluding hydrogens is 222 g/mol. The third-order valence-corrected chi connectivity index (χ3v) is 3.01. The molecule has 0 radical (unpaired) electrons. The van der Waals surface area contributed by atoms with Gasteiger partial charge < -0.3 is 4.74 Å². The van der Waals surface area contributed by atoms with Gasteiger partial charge in [0, 0.05) is 0 Å². The number of benzene rings is 1. The van der Waals surface area contributed by atoms with Gasteiger partial charge in [-0.2, -0.15) is 0 Å². The highest BCUT2D eigenvalue weighted by molar-refractivity contribution is 5.86. The molecule has 96 valence electrons. The highest BCUT2D eigenvalue weighted by Crippen LogP contribution is 2.29. The summed E-state index contributed by atoms with van der Waals surface area (Å²) >= 11 is 0. The molecule has 18 heavy (non-hydrogen) atoms. The van der Waals surface area contributed by atoms with Gasteiger partial charge in [-0.05, 0) is 33.3 Å². The van der Waals surface area contributed by atoms with Crippen LogP contribution in [-0.4, -0.2) is 18.0 Å². The molecule has 0 saturated carbocycles. The topological polar surface area (TPSA) is 21.6 Å². The van der Waals surface area contributed by atoms with Crippen molar-refractivity contribution in [2.45, 2.75) is 33.2 Å². The first kappa shape index (κ1) is 12.9. The molecule has 0 amide bonds. The Bertz CT molecular complexity index is 469. The van der Waals surface area contributed by atoms with Crippen molar-refractivity contribution < 1.29 is 4.74 Å².